The van der Waals surface area contributed by atoms with Crippen LogP contribution < -0.4 is 5.73 Å². The molecular weight excluding hydrogens is 212 g/mol. The van der Waals surface area contributed by atoms with Crippen LogP contribution in [0.25, 0.3) is 0 Å². The smallest absolute Gasteiger partial charge is 0.254 e. The highest BCUT2D eigenvalue weighted by Gasteiger charge is 2.12. The molecule has 0 saturated heterocycles. The van der Waals surface area contributed by atoms with Crippen molar-refractivity contribution in [3.63, 3.8) is 0 Å². The van der Waals surface area contributed by atoms with Crippen LogP contribution in [0.3, 0.4) is 0 Å². The van der Waals surface area contributed by atoms with E-state index in [0.717, 1.165) is 17.5 Å². The molecule has 0 aliphatic carbocycles. The van der Waals surface area contributed by atoms with Gasteiger partial charge in [-0.15, -0.1) is 6.58 Å². The monoisotopic (exact) mass is 232 g/mol. The summed E-state index contributed by atoms with van der Waals surface area (Å²) in [5.74, 6) is 0.0479. The number of nitrogens with zero attached hydrogens (tertiary/aromatic N) is 1. The molecule has 0 spiro atoms. The predicted octanol–water partition coefficient (Wildman–Crippen LogP) is 1.84. The molecule has 1 amide bonds. The van der Waals surface area contributed by atoms with Gasteiger partial charge in [-0.2, -0.15) is 0 Å². The lowest BCUT2D eigenvalue weighted by molar-refractivity contribution is 0.0782. The standard InChI is InChI=1S/C14H20N2O/c1-3-11-16(4-2)14(17)13-7-5-12(6-8-13)9-10-15/h3,5-8H,1,4,9-11,15H2,2H3. The summed E-state index contributed by atoms with van der Waals surface area (Å²) in [5, 5.41) is 0. The lowest BCUT2D eigenvalue weighted by Gasteiger charge is -2.19. The normalized spacial score (nSPS) is 10.0. The van der Waals surface area contributed by atoms with Gasteiger partial charge >= 0.3 is 0 Å². The number of hydrogen-bond donors (Lipinski definition) is 1. The second-order valence-corrected chi connectivity index (χ2v) is 3.87. The molecule has 17 heavy (non-hydrogen) atoms. The third kappa shape index (κ3) is 3.71. The van der Waals surface area contributed by atoms with Crippen molar-refractivity contribution in [3.8, 4) is 0 Å². The summed E-state index contributed by atoms with van der Waals surface area (Å²) in [6, 6.07) is 7.64. The van der Waals surface area contributed by atoms with Gasteiger partial charge in [0.2, 0.25) is 0 Å². The highest BCUT2D eigenvalue weighted by molar-refractivity contribution is 5.94. The molecule has 0 aliphatic rings. The Morgan fingerprint density at radius 3 is 2.53 bits per heavy atom. The molecule has 1 rings (SSSR count). The zero-order valence-corrected chi connectivity index (χ0v) is 10.4. The Bertz CT molecular complexity index is 370. The number of amides is 1. The van der Waals surface area contributed by atoms with Crippen LogP contribution in [0.15, 0.2) is 36.9 Å². The van der Waals surface area contributed by atoms with Crippen LogP contribution >= 0.6 is 0 Å². The van der Waals surface area contributed by atoms with E-state index in [0.29, 0.717) is 19.6 Å². The molecule has 0 unspecified atom stereocenters. The quantitative estimate of drug-likeness (QED) is 0.761. The molecule has 0 saturated carbocycles. The summed E-state index contributed by atoms with van der Waals surface area (Å²) in [6.45, 7) is 7.52. The Morgan fingerprint density at radius 2 is 2.06 bits per heavy atom. The van der Waals surface area contributed by atoms with E-state index < -0.39 is 0 Å². The van der Waals surface area contributed by atoms with E-state index in [1.54, 1.807) is 11.0 Å². The Balaban J connectivity index is 2.77. The average molecular weight is 232 g/mol. The second kappa shape index (κ2) is 6.86. The minimum atomic E-state index is 0.0479. The minimum Gasteiger partial charge on any atom is -0.335 e. The van der Waals surface area contributed by atoms with Crippen molar-refractivity contribution < 1.29 is 4.79 Å². The molecule has 0 bridgehead atoms. The molecule has 3 heteroatoms. The molecule has 2 N–H and O–H groups in total. The number of hydrogen-bond acceptors (Lipinski definition) is 2. The molecule has 0 aliphatic heterocycles. The van der Waals surface area contributed by atoms with Gasteiger partial charge in [0, 0.05) is 18.7 Å². The fourth-order valence-electron chi connectivity index (χ4n) is 1.67. The summed E-state index contributed by atoms with van der Waals surface area (Å²) in [6.07, 6.45) is 2.59. The summed E-state index contributed by atoms with van der Waals surface area (Å²) >= 11 is 0. The zero-order chi connectivity index (χ0) is 12.7. The van der Waals surface area contributed by atoms with Crippen molar-refractivity contribution in [2.45, 2.75) is 13.3 Å². The first-order valence-electron chi connectivity index (χ1n) is 5.92. The number of nitrogens with two attached hydrogens (primary N) is 1. The van der Waals surface area contributed by atoms with Gasteiger partial charge in [0.05, 0.1) is 0 Å². The van der Waals surface area contributed by atoms with Crippen LogP contribution in [0.1, 0.15) is 22.8 Å². The first kappa shape index (κ1) is 13.5. The topological polar surface area (TPSA) is 46.3 Å². The molecule has 92 valence electrons. The summed E-state index contributed by atoms with van der Waals surface area (Å²) in [5.41, 5.74) is 7.36. The SMILES string of the molecule is C=CCN(CC)C(=O)c1ccc(CCN)cc1. The van der Waals surface area contributed by atoms with Crippen molar-refractivity contribution >= 4 is 5.91 Å². The van der Waals surface area contributed by atoms with E-state index >= 15 is 0 Å². The fourth-order valence-corrected chi connectivity index (χ4v) is 1.67. The Hall–Kier alpha value is -1.61. The maximum absolute atomic E-state index is 12.1. The molecule has 0 radical (unpaired) electrons. The third-order valence-electron chi connectivity index (χ3n) is 2.65. The largest absolute Gasteiger partial charge is 0.335 e. The van der Waals surface area contributed by atoms with Crippen molar-refractivity contribution in [1.29, 1.82) is 0 Å². The number of carbonyl (C=O) groups is 1. The number of carbonyl (C=O) groups excluding carboxylic acids is 1. The van der Waals surface area contributed by atoms with Crippen LogP contribution in [-0.2, 0) is 6.42 Å². The van der Waals surface area contributed by atoms with Crippen molar-refractivity contribution in [1.82, 2.24) is 4.90 Å². The van der Waals surface area contributed by atoms with Crippen LogP contribution in [0, 0.1) is 0 Å². The Morgan fingerprint density at radius 1 is 1.41 bits per heavy atom. The Kier molecular flexibility index (Phi) is 5.43. The highest BCUT2D eigenvalue weighted by atomic mass is 16.2. The molecule has 1 aromatic rings. The van der Waals surface area contributed by atoms with Crippen LogP contribution in [0.4, 0.5) is 0 Å². The van der Waals surface area contributed by atoms with Gasteiger partial charge in [-0.05, 0) is 37.6 Å². The molecule has 0 heterocycles. The summed E-state index contributed by atoms with van der Waals surface area (Å²) < 4.78 is 0. The second-order valence-electron chi connectivity index (χ2n) is 3.87. The number of benzene rings is 1. The van der Waals surface area contributed by atoms with E-state index in [4.69, 9.17) is 5.73 Å². The Labute approximate surface area is 103 Å². The van der Waals surface area contributed by atoms with Crippen LogP contribution in [0.5, 0.6) is 0 Å². The van der Waals surface area contributed by atoms with Crippen molar-refractivity contribution in [2.75, 3.05) is 19.6 Å². The lowest BCUT2D eigenvalue weighted by atomic mass is 10.1. The van der Waals surface area contributed by atoms with Gasteiger partial charge in [0.15, 0.2) is 0 Å². The van der Waals surface area contributed by atoms with Crippen molar-refractivity contribution in [3.05, 3.63) is 48.0 Å². The fraction of sp³-hybridized carbons (Fsp3) is 0.357. The van der Waals surface area contributed by atoms with Gasteiger partial charge in [-0.25, -0.2) is 0 Å². The average Bonchev–Trinajstić information content (AvgIpc) is 2.36. The highest BCUT2D eigenvalue weighted by Crippen LogP contribution is 2.08. The van der Waals surface area contributed by atoms with E-state index in [2.05, 4.69) is 6.58 Å². The third-order valence-corrected chi connectivity index (χ3v) is 2.65. The van der Waals surface area contributed by atoms with Crippen molar-refractivity contribution in [2.24, 2.45) is 5.73 Å². The van der Waals surface area contributed by atoms with Crippen LogP contribution in [0.2, 0.25) is 0 Å². The zero-order valence-electron chi connectivity index (χ0n) is 10.4. The van der Waals surface area contributed by atoms with E-state index in [1.165, 1.54) is 0 Å². The molecule has 0 fully saturated rings. The van der Waals surface area contributed by atoms with Gasteiger partial charge in [0.25, 0.3) is 5.91 Å². The van der Waals surface area contributed by atoms with Crippen LogP contribution in [-0.4, -0.2) is 30.4 Å². The number of likely N-dealkylation sites (N-methyl/N-ethyl adjacent to an activating group) is 1. The maximum atomic E-state index is 12.1. The first-order chi connectivity index (χ1) is 8.22. The predicted molar refractivity (Wildman–Crippen MR) is 71.0 cm³/mol. The molecular formula is C14H20N2O. The first-order valence-corrected chi connectivity index (χ1v) is 5.92. The molecule has 0 aromatic heterocycles. The minimum absolute atomic E-state index is 0.0479. The van der Waals surface area contributed by atoms with Gasteiger partial charge < -0.3 is 10.6 Å². The van der Waals surface area contributed by atoms with E-state index in [-0.39, 0.29) is 5.91 Å². The summed E-state index contributed by atoms with van der Waals surface area (Å²) in [4.78, 5) is 13.8. The van der Waals surface area contributed by atoms with Gasteiger partial charge in [-0.1, -0.05) is 18.2 Å². The maximum Gasteiger partial charge on any atom is 0.254 e. The van der Waals surface area contributed by atoms with E-state index in [1.807, 2.05) is 31.2 Å². The summed E-state index contributed by atoms with van der Waals surface area (Å²) in [7, 11) is 0. The molecule has 0 atom stereocenters. The van der Waals surface area contributed by atoms with Gasteiger partial charge in [0.1, 0.15) is 0 Å². The van der Waals surface area contributed by atoms with Gasteiger partial charge in [-0.3, -0.25) is 4.79 Å². The van der Waals surface area contributed by atoms with E-state index in [9.17, 15) is 4.79 Å². The number of rotatable bonds is 6. The lowest BCUT2D eigenvalue weighted by Crippen LogP contribution is -2.30. The molecule has 1 aromatic carbocycles. The molecule has 3 nitrogen and oxygen atoms in total.